The van der Waals surface area contributed by atoms with Crippen LogP contribution in [0.25, 0.3) is 0 Å². The number of rotatable bonds is 6. The molecule has 0 bridgehead atoms. The largest absolute Gasteiger partial charge is 0.352 e. The van der Waals surface area contributed by atoms with Crippen LogP contribution < -0.4 is 5.32 Å². The average molecular weight is 403 g/mol. The number of nitrogens with zero attached hydrogens (tertiary/aromatic N) is 2. The van der Waals surface area contributed by atoms with E-state index in [1.807, 2.05) is 6.92 Å². The Morgan fingerprint density at radius 1 is 1.07 bits per heavy atom. The third kappa shape index (κ3) is 5.34. The first-order chi connectivity index (χ1) is 14.0. The minimum atomic E-state index is -0.638. The molecule has 3 rings (SSSR count). The Labute approximate surface area is 171 Å². The quantitative estimate of drug-likeness (QED) is 0.586. The fourth-order valence-corrected chi connectivity index (χ4v) is 4.22. The van der Waals surface area contributed by atoms with Crippen molar-refractivity contribution in [3.8, 4) is 0 Å². The lowest BCUT2D eigenvalue weighted by Crippen LogP contribution is -2.60. The molecule has 158 valence electrons. The van der Waals surface area contributed by atoms with E-state index in [4.69, 9.17) is 0 Å². The maximum atomic E-state index is 13.1. The lowest BCUT2D eigenvalue weighted by molar-refractivity contribution is -0.160. The van der Waals surface area contributed by atoms with Gasteiger partial charge in [0.05, 0.1) is 0 Å². The van der Waals surface area contributed by atoms with Gasteiger partial charge in [0.25, 0.3) is 0 Å². The molecule has 0 spiro atoms. The zero-order valence-electron chi connectivity index (χ0n) is 17.0. The van der Waals surface area contributed by atoms with E-state index in [1.165, 1.54) is 34.8 Å². The summed E-state index contributed by atoms with van der Waals surface area (Å²) < 4.78 is 13.1. The molecule has 1 saturated carbocycles. The number of benzene rings is 1. The number of hydrogen-bond acceptors (Lipinski definition) is 3. The van der Waals surface area contributed by atoms with Crippen molar-refractivity contribution in [1.82, 2.24) is 15.1 Å². The highest BCUT2D eigenvalue weighted by atomic mass is 19.1. The minimum absolute atomic E-state index is 0.157. The lowest BCUT2D eigenvalue weighted by Gasteiger charge is -2.38. The monoisotopic (exact) mass is 403 g/mol. The Balaban J connectivity index is 1.61. The van der Waals surface area contributed by atoms with Gasteiger partial charge in [-0.05, 0) is 37.0 Å². The van der Waals surface area contributed by atoms with Gasteiger partial charge in [-0.2, -0.15) is 0 Å². The molecule has 7 heteroatoms. The predicted octanol–water partition coefficient (Wildman–Crippen LogP) is 2.61. The predicted molar refractivity (Wildman–Crippen MR) is 107 cm³/mol. The van der Waals surface area contributed by atoms with Crippen molar-refractivity contribution in [3.63, 3.8) is 0 Å². The summed E-state index contributed by atoms with van der Waals surface area (Å²) in [5, 5.41) is 3.11. The van der Waals surface area contributed by atoms with E-state index in [-0.39, 0.29) is 24.3 Å². The SMILES string of the molecule is CC[C@@H](C(=O)NC1CCCCCC1)N1CCN(Cc2ccc(F)cc2)C(=O)C1=O. The first-order valence-corrected chi connectivity index (χ1v) is 10.6. The van der Waals surface area contributed by atoms with Gasteiger partial charge in [-0.3, -0.25) is 14.4 Å². The molecule has 0 radical (unpaired) electrons. The number of carbonyl (C=O) groups is 3. The summed E-state index contributed by atoms with van der Waals surface area (Å²) in [7, 11) is 0. The highest BCUT2D eigenvalue weighted by Gasteiger charge is 2.38. The molecule has 1 N–H and O–H groups in total. The van der Waals surface area contributed by atoms with Gasteiger partial charge in [0, 0.05) is 25.7 Å². The Morgan fingerprint density at radius 2 is 1.72 bits per heavy atom. The Bertz CT molecular complexity index is 729. The summed E-state index contributed by atoms with van der Waals surface area (Å²) in [4.78, 5) is 41.1. The Morgan fingerprint density at radius 3 is 2.34 bits per heavy atom. The second-order valence-electron chi connectivity index (χ2n) is 7.97. The van der Waals surface area contributed by atoms with Gasteiger partial charge < -0.3 is 15.1 Å². The van der Waals surface area contributed by atoms with Gasteiger partial charge in [0.15, 0.2) is 0 Å². The molecule has 1 aliphatic carbocycles. The summed E-state index contributed by atoms with van der Waals surface area (Å²) in [5.74, 6) is -1.75. The maximum Gasteiger partial charge on any atom is 0.312 e. The van der Waals surface area contributed by atoms with Gasteiger partial charge in [-0.15, -0.1) is 0 Å². The molecule has 2 aliphatic rings. The Kier molecular flexibility index (Phi) is 7.23. The highest BCUT2D eigenvalue weighted by molar-refractivity contribution is 6.35. The summed E-state index contributed by atoms with van der Waals surface area (Å²) in [5.41, 5.74) is 0.763. The molecule has 0 aromatic heterocycles. The smallest absolute Gasteiger partial charge is 0.312 e. The molecule has 29 heavy (non-hydrogen) atoms. The van der Waals surface area contributed by atoms with Crippen molar-refractivity contribution >= 4 is 17.7 Å². The molecule has 6 nitrogen and oxygen atoms in total. The molecule has 1 aromatic carbocycles. The molecular formula is C22H30FN3O3. The molecule has 2 fully saturated rings. The van der Waals surface area contributed by atoms with E-state index in [2.05, 4.69) is 5.32 Å². The third-order valence-corrected chi connectivity index (χ3v) is 5.90. The fraction of sp³-hybridized carbons (Fsp3) is 0.591. The second kappa shape index (κ2) is 9.85. The van der Waals surface area contributed by atoms with E-state index in [0.29, 0.717) is 19.5 Å². The van der Waals surface area contributed by atoms with E-state index in [9.17, 15) is 18.8 Å². The maximum absolute atomic E-state index is 13.1. The van der Waals surface area contributed by atoms with E-state index in [0.717, 1.165) is 31.2 Å². The van der Waals surface area contributed by atoms with Crippen molar-refractivity contribution in [3.05, 3.63) is 35.6 Å². The van der Waals surface area contributed by atoms with Crippen LogP contribution in [-0.4, -0.2) is 52.7 Å². The number of hydrogen-bond donors (Lipinski definition) is 1. The van der Waals surface area contributed by atoms with Gasteiger partial charge in [-0.1, -0.05) is 44.7 Å². The summed E-state index contributed by atoms with van der Waals surface area (Å²) >= 11 is 0. The van der Waals surface area contributed by atoms with Crippen LogP contribution in [-0.2, 0) is 20.9 Å². The van der Waals surface area contributed by atoms with Gasteiger partial charge in [-0.25, -0.2) is 4.39 Å². The molecule has 1 heterocycles. The van der Waals surface area contributed by atoms with Crippen LogP contribution in [0.1, 0.15) is 57.4 Å². The molecule has 1 saturated heterocycles. The number of piperazine rings is 1. The first kappa shape index (κ1) is 21.3. The number of nitrogens with one attached hydrogen (secondary N) is 1. The molecule has 1 atom stereocenters. The standard InChI is InChI=1S/C22H30FN3O3/c1-2-19(20(27)24-18-7-5-3-4-6-8-18)26-14-13-25(21(28)22(26)29)15-16-9-11-17(23)12-10-16/h9-12,18-19H,2-8,13-15H2,1H3,(H,24,27)/t19-/m0/s1. The zero-order chi connectivity index (χ0) is 20.8. The number of halogens is 1. The van der Waals surface area contributed by atoms with Crippen LogP contribution in [0.2, 0.25) is 0 Å². The van der Waals surface area contributed by atoms with Gasteiger partial charge >= 0.3 is 11.8 Å². The Hall–Kier alpha value is -2.44. The molecule has 3 amide bonds. The topological polar surface area (TPSA) is 69.7 Å². The third-order valence-electron chi connectivity index (χ3n) is 5.90. The first-order valence-electron chi connectivity index (χ1n) is 10.6. The number of carbonyl (C=O) groups excluding carboxylic acids is 3. The molecule has 0 unspecified atom stereocenters. The summed E-state index contributed by atoms with van der Waals surface area (Å²) in [6.45, 7) is 2.79. The molecule has 1 aromatic rings. The van der Waals surface area contributed by atoms with Gasteiger partial charge in [0.2, 0.25) is 5.91 Å². The van der Waals surface area contributed by atoms with Crippen LogP contribution in [0.4, 0.5) is 4.39 Å². The second-order valence-corrected chi connectivity index (χ2v) is 7.97. The lowest BCUT2D eigenvalue weighted by atomic mass is 10.1. The van der Waals surface area contributed by atoms with Crippen molar-refractivity contribution in [2.24, 2.45) is 0 Å². The van der Waals surface area contributed by atoms with Crippen LogP contribution in [0.15, 0.2) is 24.3 Å². The minimum Gasteiger partial charge on any atom is -0.352 e. The van der Waals surface area contributed by atoms with Crippen molar-refractivity contribution < 1.29 is 18.8 Å². The fourth-order valence-electron chi connectivity index (χ4n) is 4.22. The van der Waals surface area contributed by atoms with E-state index < -0.39 is 17.9 Å². The van der Waals surface area contributed by atoms with Crippen LogP contribution in [0.3, 0.4) is 0 Å². The summed E-state index contributed by atoms with van der Waals surface area (Å²) in [6, 6.07) is 5.42. The van der Waals surface area contributed by atoms with E-state index in [1.54, 1.807) is 12.1 Å². The number of amides is 3. The van der Waals surface area contributed by atoms with E-state index >= 15 is 0 Å². The molecular weight excluding hydrogens is 373 g/mol. The zero-order valence-corrected chi connectivity index (χ0v) is 17.0. The summed E-state index contributed by atoms with van der Waals surface area (Å²) in [6.07, 6.45) is 7.04. The van der Waals surface area contributed by atoms with Crippen LogP contribution in [0.5, 0.6) is 0 Å². The average Bonchev–Trinajstić information content (AvgIpc) is 2.98. The van der Waals surface area contributed by atoms with Crippen LogP contribution >= 0.6 is 0 Å². The van der Waals surface area contributed by atoms with Gasteiger partial charge in [0.1, 0.15) is 11.9 Å². The highest BCUT2D eigenvalue weighted by Crippen LogP contribution is 2.19. The van der Waals surface area contributed by atoms with Crippen molar-refractivity contribution in [2.75, 3.05) is 13.1 Å². The normalized spacial score (nSPS) is 19.8. The van der Waals surface area contributed by atoms with Crippen molar-refractivity contribution in [1.29, 1.82) is 0 Å². The van der Waals surface area contributed by atoms with Crippen molar-refractivity contribution in [2.45, 2.75) is 70.5 Å². The van der Waals surface area contributed by atoms with Crippen LogP contribution in [0, 0.1) is 5.82 Å². The molecule has 1 aliphatic heterocycles.